The summed E-state index contributed by atoms with van der Waals surface area (Å²) >= 11 is 12.1. The molecule has 1 heterocycles. The first-order valence-electron chi connectivity index (χ1n) is 6.45. The monoisotopic (exact) mass is 313 g/mol. The zero-order valence-corrected chi connectivity index (χ0v) is 12.1. The number of carbonyl (C=O) groups excluding carboxylic acids is 1. The third-order valence-corrected chi connectivity index (χ3v) is 4.54. The summed E-state index contributed by atoms with van der Waals surface area (Å²) in [5.74, 6) is -1.82. The largest absolute Gasteiger partial charge is 0.481 e. The molecule has 4 nitrogen and oxygen atoms in total. The van der Waals surface area contributed by atoms with Crippen LogP contribution in [0.4, 0.5) is 0 Å². The van der Waals surface area contributed by atoms with Gasteiger partial charge in [0.25, 0.3) is 0 Å². The van der Waals surface area contributed by atoms with Gasteiger partial charge >= 0.3 is 5.97 Å². The molecule has 1 aliphatic heterocycles. The predicted octanol–water partition coefficient (Wildman–Crippen LogP) is 2.60. The van der Waals surface area contributed by atoms with E-state index in [4.69, 9.17) is 28.3 Å². The van der Waals surface area contributed by atoms with Crippen molar-refractivity contribution in [2.75, 3.05) is 6.54 Å². The molecule has 0 bridgehead atoms. The van der Waals surface area contributed by atoms with Crippen LogP contribution in [0.2, 0.25) is 10.0 Å². The molecule has 1 fully saturated rings. The number of amides is 1. The van der Waals surface area contributed by atoms with E-state index < -0.39 is 11.9 Å². The molecule has 106 valence electrons. The molecule has 0 aromatic heterocycles. The molecule has 3 rings (SSSR count). The highest BCUT2D eigenvalue weighted by atomic mass is 35.5. The minimum Gasteiger partial charge on any atom is -0.481 e. The third kappa shape index (κ3) is 2.38. The smallest absolute Gasteiger partial charge is 0.307 e. The standard InChI is InChI=1S/C14H13Cl2NO3/c15-8-3-7-6-17(2-1-9(7)12(16)4-8)13(18)10-5-11(10)14(19)20/h3-4,10-11H,1-2,5-6H2,(H,19,20)/t10-,11-/m1/s1. The second-order valence-corrected chi connectivity index (χ2v) is 6.17. The first-order chi connectivity index (χ1) is 9.47. The van der Waals surface area contributed by atoms with Crippen LogP contribution in [-0.2, 0) is 22.6 Å². The molecule has 2 aliphatic rings. The van der Waals surface area contributed by atoms with Crippen LogP contribution in [-0.4, -0.2) is 28.4 Å². The van der Waals surface area contributed by atoms with Crippen molar-refractivity contribution in [3.63, 3.8) is 0 Å². The Balaban J connectivity index is 1.76. The van der Waals surface area contributed by atoms with E-state index in [9.17, 15) is 9.59 Å². The molecule has 1 saturated carbocycles. The van der Waals surface area contributed by atoms with E-state index in [0.717, 1.165) is 11.1 Å². The number of carbonyl (C=O) groups is 2. The van der Waals surface area contributed by atoms with Gasteiger partial charge in [-0.25, -0.2) is 0 Å². The average molecular weight is 314 g/mol. The van der Waals surface area contributed by atoms with Crippen molar-refractivity contribution in [2.45, 2.75) is 19.4 Å². The van der Waals surface area contributed by atoms with Crippen LogP contribution in [0.5, 0.6) is 0 Å². The number of halogens is 2. The van der Waals surface area contributed by atoms with Gasteiger partial charge in [0.15, 0.2) is 0 Å². The van der Waals surface area contributed by atoms with Gasteiger partial charge in [0.2, 0.25) is 5.91 Å². The number of rotatable bonds is 2. The molecule has 20 heavy (non-hydrogen) atoms. The Bertz CT molecular complexity index is 602. The van der Waals surface area contributed by atoms with Crippen LogP contribution in [0, 0.1) is 11.8 Å². The molecular weight excluding hydrogens is 301 g/mol. The Morgan fingerprint density at radius 3 is 2.65 bits per heavy atom. The summed E-state index contributed by atoms with van der Waals surface area (Å²) in [6, 6.07) is 3.53. The first-order valence-corrected chi connectivity index (χ1v) is 7.21. The molecule has 0 radical (unpaired) electrons. The fourth-order valence-corrected chi connectivity index (χ4v) is 3.40. The number of nitrogens with zero attached hydrogens (tertiary/aromatic N) is 1. The predicted molar refractivity (Wildman–Crippen MR) is 74.8 cm³/mol. The van der Waals surface area contributed by atoms with Crippen molar-refractivity contribution in [3.05, 3.63) is 33.3 Å². The van der Waals surface area contributed by atoms with E-state index in [-0.39, 0.29) is 11.8 Å². The van der Waals surface area contributed by atoms with E-state index in [2.05, 4.69) is 0 Å². The van der Waals surface area contributed by atoms with Crippen LogP contribution in [0.3, 0.4) is 0 Å². The lowest BCUT2D eigenvalue weighted by Crippen LogP contribution is -2.37. The zero-order chi connectivity index (χ0) is 14.4. The van der Waals surface area contributed by atoms with E-state index in [0.29, 0.717) is 36.0 Å². The molecule has 1 N–H and O–H groups in total. The average Bonchev–Trinajstić information content (AvgIpc) is 3.17. The molecule has 6 heteroatoms. The van der Waals surface area contributed by atoms with Gasteiger partial charge in [0, 0.05) is 23.1 Å². The van der Waals surface area contributed by atoms with Crippen LogP contribution in [0.15, 0.2) is 12.1 Å². The maximum atomic E-state index is 12.3. The van der Waals surface area contributed by atoms with Crippen LogP contribution in [0.25, 0.3) is 0 Å². The van der Waals surface area contributed by atoms with E-state index in [1.165, 1.54) is 0 Å². The highest BCUT2D eigenvalue weighted by Crippen LogP contribution is 2.41. The van der Waals surface area contributed by atoms with Crippen LogP contribution in [0.1, 0.15) is 17.5 Å². The third-order valence-electron chi connectivity index (χ3n) is 3.98. The van der Waals surface area contributed by atoms with Crippen LogP contribution >= 0.6 is 23.2 Å². The Kier molecular flexibility index (Phi) is 3.38. The summed E-state index contributed by atoms with van der Waals surface area (Å²) in [7, 11) is 0. The number of aliphatic carboxylic acids is 1. The Labute approximate surface area is 126 Å². The van der Waals surface area contributed by atoms with Crippen molar-refractivity contribution in [1.82, 2.24) is 4.90 Å². The molecule has 1 aromatic carbocycles. The van der Waals surface area contributed by atoms with E-state index >= 15 is 0 Å². The highest BCUT2D eigenvalue weighted by Gasteiger charge is 2.50. The fourth-order valence-electron chi connectivity index (χ4n) is 2.77. The lowest BCUT2D eigenvalue weighted by molar-refractivity contribution is -0.142. The molecule has 0 unspecified atom stereocenters. The molecular formula is C14H13Cl2NO3. The number of carboxylic acid groups (broad SMARTS) is 1. The second kappa shape index (κ2) is 4.93. The van der Waals surface area contributed by atoms with Gasteiger partial charge in [-0.2, -0.15) is 0 Å². The van der Waals surface area contributed by atoms with E-state index in [1.807, 2.05) is 6.07 Å². The topological polar surface area (TPSA) is 57.6 Å². The van der Waals surface area contributed by atoms with Crippen LogP contribution < -0.4 is 0 Å². The maximum Gasteiger partial charge on any atom is 0.307 e. The molecule has 1 aliphatic carbocycles. The molecule has 0 spiro atoms. The summed E-state index contributed by atoms with van der Waals surface area (Å²) in [4.78, 5) is 24.8. The number of hydrogen-bond acceptors (Lipinski definition) is 2. The van der Waals surface area contributed by atoms with Crippen molar-refractivity contribution in [2.24, 2.45) is 11.8 Å². The minimum absolute atomic E-state index is 0.0702. The lowest BCUT2D eigenvalue weighted by Gasteiger charge is -2.29. The molecule has 1 aromatic rings. The summed E-state index contributed by atoms with van der Waals surface area (Å²) in [6.45, 7) is 1.04. The van der Waals surface area contributed by atoms with Gasteiger partial charge in [0.05, 0.1) is 11.8 Å². The van der Waals surface area contributed by atoms with Gasteiger partial charge in [0.1, 0.15) is 0 Å². The van der Waals surface area contributed by atoms with E-state index in [1.54, 1.807) is 11.0 Å². The number of hydrogen-bond donors (Lipinski definition) is 1. The number of carboxylic acids is 1. The second-order valence-electron chi connectivity index (χ2n) is 5.32. The minimum atomic E-state index is -0.883. The van der Waals surface area contributed by atoms with Gasteiger partial charge in [-0.3, -0.25) is 9.59 Å². The van der Waals surface area contributed by atoms with Crippen molar-refractivity contribution in [3.8, 4) is 0 Å². The molecule has 0 saturated heterocycles. The van der Waals surface area contributed by atoms with Crippen molar-refractivity contribution in [1.29, 1.82) is 0 Å². The number of benzene rings is 1. The summed E-state index contributed by atoms with van der Waals surface area (Å²) in [5, 5.41) is 10.1. The SMILES string of the molecule is O=C(O)[C@@H]1C[C@H]1C(=O)N1CCc2c(Cl)cc(Cl)cc2C1. The molecule has 2 atom stereocenters. The molecule has 1 amide bonds. The van der Waals surface area contributed by atoms with Gasteiger partial charge < -0.3 is 10.0 Å². The highest BCUT2D eigenvalue weighted by molar-refractivity contribution is 6.35. The lowest BCUT2D eigenvalue weighted by atomic mass is 9.99. The zero-order valence-electron chi connectivity index (χ0n) is 10.6. The van der Waals surface area contributed by atoms with Crippen molar-refractivity contribution < 1.29 is 14.7 Å². The van der Waals surface area contributed by atoms with Gasteiger partial charge in [-0.1, -0.05) is 23.2 Å². The van der Waals surface area contributed by atoms with Gasteiger partial charge in [-0.15, -0.1) is 0 Å². The summed E-state index contributed by atoms with van der Waals surface area (Å²) in [5.41, 5.74) is 1.99. The summed E-state index contributed by atoms with van der Waals surface area (Å²) in [6.07, 6.45) is 1.13. The Morgan fingerprint density at radius 2 is 2.00 bits per heavy atom. The first kappa shape index (κ1) is 13.7. The normalized spacial score (nSPS) is 24.2. The van der Waals surface area contributed by atoms with Gasteiger partial charge in [-0.05, 0) is 36.1 Å². The van der Waals surface area contributed by atoms with Crippen molar-refractivity contribution >= 4 is 35.1 Å². The summed E-state index contributed by atoms with van der Waals surface area (Å²) < 4.78 is 0. The maximum absolute atomic E-state index is 12.3. The number of fused-ring (bicyclic) bond motifs is 1. The Morgan fingerprint density at radius 1 is 1.25 bits per heavy atom. The fraction of sp³-hybridized carbons (Fsp3) is 0.429. The quantitative estimate of drug-likeness (QED) is 0.913. The Hall–Kier alpha value is -1.26.